The molecule has 0 unspecified atom stereocenters. The molecule has 1 aliphatic rings. The number of ether oxygens (including phenoxy) is 1. The summed E-state index contributed by atoms with van der Waals surface area (Å²) >= 11 is 0. The van der Waals surface area contributed by atoms with Crippen LogP contribution in [0, 0.1) is 0 Å². The van der Waals surface area contributed by atoms with Gasteiger partial charge in [-0.25, -0.2) is 0 Å². The Labute approximate surface area is 146 Å². The van der Waals surface area contributed by atoms with Crippen molar-refractivity contribution >= 4 is 0 Å². The predicted molar refractivity (Wildman–Crippen MR) is 99.9 cm³/mol. The highest BCUT2D eigenvalue weighted by molar-refractivity contribution is 5.39. The van der Waals surface area contributed by atoms with Gasteiger partial charge in [0.1, 0.15) is 18.9 Å². The van der Waals surface area contributed by atoms with Gasteiger partial charge in [0.2, 0.25) is 0 Å². The molecule has 1 fully saturated rings. The molecule has 1 saturated heterocycles. The normalized spacial score (nSPS) is 16.1. The molecule has 128 valence electrons. The van der Waals surface area contributed by atoms with Crippen molar-refractivity contribution in [3.05, 3.63) is 65.7 Å². The summed E-state index contributed by atoms with van der Waals surface area (Å²) in [5.74, 6) is 0.985. The molecule has 0 aliphatic carbocycles. The first-order valence-electron chi connectivity index (χ1n) is 9.29. The lowest BCUT2D eigenvalue weighted by Gasteiger charge is -2.26. The first-order valence-corrected chi connectivity index (χ1v) is 9.29. The van der Waals surface area contributed by atoms with Crippen molar-refractivity contribution in [2.45, 2.75) is 38.5 Å². The monoisotopic (exact) mass is 324 g/mol. The molecule has 2 aromatic rings. The standard InChI is InChI=1S/C22H29NO/c1-22(2,19-9-5-3-6-10-19)20-11-13-21(14-12-20)24-18-17-23-15-7-4-8-16-23/h3,5-6,9-14H,4,7-8,15-18H2,1-2H3/p+1. The van der Waals surface area contributed by atoms with Gasteiger partial charge >= 0.3 is 0 Å². The van der Waals surface area contributed by atoms with E-state index < -0.39 is 0 Å². The number of rotatable bonds is 6. The topological polar surface area (TPSA) is 13.7 Å². The molecule has 2 aromatic carbocycles. The van der Waals surface area contributed by atoms with Crippen molar-refractivity contribution in [3.8, 4) is 5.75 Å². The van der Waals surface area contributed by atoms with E-state index in [9.17, 15) is 0 Å². The average molecular weight is 324 g/mol. The van der Waals surface area contributed by atoms with Crippen LogP contribution in [0.1, 0.15) is 44.2 Å². The van der Waals surface area contributed by atoms with Gasteiger partial charge in [0.25, 0.3) is 0 Å². The molecule has 1 aliphatic heterocycles. The number of benzene rings is 2. The summed E-state index contributed by atoms with van der Waals surface area (Å²) < 4.78 is 5.96. The maximum Gasteiger partial charge on any atom is 0.137 e. The molecule has 0 radical (unpaired) electrons. The van der Waals surface area contributed by atoms with E-state index in [1.165, 1.54) is 43.5 Å². The van der Waals surface area contributed by atoms with Crippen molar-refractivity contribution < 1.29 is 9.64 Å². The molecule has 0 bridgehead atoms. The number of nitrogens with one attached hydrogen (secondary N) is 1. The van der Waals surface area contributed by atoms with E-state index in [0.717, 1.165) is 18.9 Å². The van der Waals surface area contributed by atoms with Crippen LogP contribution in [-0.2, 0) is 5.41 Å². The van der Waals surface area contributed by atoms with Gasteiger partial charge in [-0.3, -0.25) is 0 Å². The van der Waals surface area contributed by atoms with Crippen molar-refractivity contribution in [1.29, 1.82) is 0 Å². The minimum Gasteiger partial charge on any atom is -0.488 e. The Morgan fingerprint density at radius 2 is 1.46 bits per heavy atom. The van der Waals surface area contributed by atoms with E-state index in [1.807, 2.05) is 0 Å². The van der Waals surface area contributed by atoms with Crippen LogP contribution in [-0.4, -0.2) is 26.2 Å². The molecule has 0 amide bonds. The first kappa shape index (κ1) is 17.0. The van der Waals surface area contributed by atoms with E-state index in [2.05, 4.69) is 68.4 Å². The third-order valence-corrected chi connectivity index (χ3v) is 5.36. The SMILES string of the molecule is CC(C)(c1ccccc1)c1ccc(OCC[NH+]2CCCCC2)cc1. The van der Waals surface area contributed by atoms with E-state index in [0.29, 0.717) is 0 Å². The summed E-state index contributed by atoms with van der Waals surface area (Å²) in [6.07, 6.45) is 4.15. The molecule has 0 spiro atoms. The number of hydrogen-bond acceptors (Lipinski definition) is 1. The molecular weight excluding hydrogens is 294 g/mol. The maximum absolute atomic E-state index is 5.96. The van der Waals surface area contributed by atoms with Crippen LogP contribution in [0.15, 0.2) is 54.6 Å². The third kappa shape index (κ3) is 4.18. The Bertz CT molecular complexity index is 612. The summed E-state index contributed by atoms with van der Waals surface area (Å²) in [4.78, 5) is 1.70. The Hall–Kier alpha value is -1.80. The molecule has 1 N–H and O–H groups in total. The minimum atomic E-state index is 0.0116. The van der Waals surface area contributed by atoms with Crippen LogP contribution in [0.3, 0.4) is 0 Å². The van der Waals surface area contributed by atoms with Gasteiger partial charge in [-0.2, -0.15) is 0 Å². The van der Waals surface area contributed by atoms with Crippen molar-refractivity contribution in [1.82, 2.24) is 0 Å². The molecule has 2 heteroatoms. The molecule has 24 heavy (non-hydrogen) atoms. The molecular formula is C22H30NO+. The van der Waals surface area contributed by atoms with E-state index in [1.54, 1.807) is 4.90 Å². The molecule has 0 saturated carbocycles. The lowest BCUT2D eigenvalue weighted by molar-refractivity contribution is -0.904. The van der Waals surface area contributed by atoms with Crippen molar-refractivity contribution in [2.24, 2.45) is 0 Å². The summed E-state index contributed by atoms with van der Waals surface area (Å²) in [5, 5.41) is 0. The van der Waals surface area contributed by atoms with Crippen LogP contribution in [0.4, 0.5) is 0 Å². The minimum absolute atomic E-state index is 0.0116. The van der Waals surface area contributed by atoms with Crippen molar-refractivity contribution in [2.75, 3.05) is 26.2 Å². The highest BCUT2D eigenvalue weighted by Gasteiger charge is 2.22. The molecule has 2 nitrogen and oxygen atoms in total. The molecule has 0 atom stereocenters. The van der Waals surface area contributed by atoms with E-state index in [4.69, 9.17) is 4.74 Å². The van der Waals surface area contributed by atoms with Crippen LogP contribution in [0.5, 0.6) is 5.75 Å². The fourth-order valence-corrected chi connectivity index (χ4v) is 3.60. The molecule has 1 heterocycles. The largest absolute Gasteiger partial charge is 0.488 e. The van der Waals surface area contributed by atoms with Crippen LogP contribution >= 0.6 is 0 Å². The van der Waals surface area contributed by atoms with Gasteiger partial charge in [-0.05, 0) is 42.5 Å². The van der Waals surface area contributed by atoms with E-state index >= 15 is 0 Å². The molecule has 0 aromatic heterocycles. The van der Waals surface area contributed by atoms with Gasteiger partial charge in [0.05, 0.1) is 13.1 Å². The number of quaternary nitrogens is 1. The number of hydrogen-bond donors (Lipinski definition) is 1. The quantitative estimate of drug-likeness (QED) is 0.859. The lowest BCUT2D eigenvalue weighted by Crippen LogP contribution is -3.13. The average Bonchev–Trinajstić information content (AvgIpc) is 2.64. The van der Waals surface area contributed by atoms with Crippen molar-refractivity contribution in [3.63, 3.8) is 0 Å². The number of piperidine rings is 1. The van der Waals surface area contributed by atoms with Gasteiger partial charge in [-0.15, -0.1) is 0 Å². The number of likely N-dealkylation sites (tertiary alicyclic amines) is 1. The zero-order valence-electron chi connectivity index (χ0n) is 15.1. The summed E-state index contributed by atoms with van der Waals surface area (Å²) in [6, 6.07) is 19.3. The Kier molecular flexibility index (Phi) is 5.57. The molecule has 3 rings (SSSR count). The van der Waals surface area contributed by atoms with Crippen LogP contribution in [0.2, 0.25) is 0 Å². The zero-order valence-corrected chi connectivity index (χ0v) is 15.1. The highest BCUT2D eigenvalue weighted by Crippen LogP contribution is 2.32. The second kappa shape index (κ2) is 7.85. The van der Waals surface area contributed by atoms with E-state index in [-0.39, 0.29) is 5.41 Å². The second-order valence-electron chi connectivity index (χ2n) is 7.42. The Morgan fingerprint density at radius 3 is 2.12 bits per heavy atom. The fourth-order valence-electron chi connectivity index (χ4n) is 3.60. The zero-order chi connectivity index (χ0) is 16.8. The summed E-state index contributed by atoms with van der Waals surface area (Å²) in [5.41, 5.74) is 2.67. The smallest absolute Gasteiger partial charge is 0.137 e. The lowest BCUT2D eigenvalue weighted by atomic mass is 9.78. The van der Waals surface area contributed by atoms with Gasteiger partial charge < -0.3 is 9.64 Å². The van der Waals surface area contributed by atoms with Gasteiger partial charge in [0, 0.05) is 5.41 Å². The maximum atomic E-state index is 5.96. The van der Waals surface area contributed by atoms with Gasteiger partial charge in [0.15, 0.2) is 0 Å². The highest BCUT2D eigenvalue weighted by atomic mass is 16.5. The van der Waals surface area contributed by atoms with Crippen LogP contribution in [0.25, 0.3) is 0 Å². The predicted octanol–water partition coefficient (Wildman–Crippen LogP) is 3.46. The third-order valence-electron chi connectivity index (χ3n) is 5.36. The van der Waals surface area contributed by atoms with Crippen LogP contribution < -0.4 is 9.64 Å². The second-order valence-corrected chi connectivity index (χ2v) is 7.42. The Balaban J connectivity index is 1.57. The fraction of sp³-hybridized carbons (Fsp3) is 0.455. The van der Waals surface area contributed by atoms with Gasteiger partial charge in [-0.1, -0.05) is 56.3 Å². The summed E-state index contributed by atoms with van der Waals surface area (Å²) in [6.45, 7) is 9.12. The first-order chi connectivity index (χ1) is 11.7. The Morgan fingerprint density at radius 1 is 0.833 bits per heavy atom. The summed E-state index contributed by atoms with van der Waals surface area (Å²) in [7, 11) is 0.